The van der Waals surface area contributed by atoms with E-state index in [1.54, 1.807) is 0 Å². The fourth-order valence-electron chi connectivity index (χ4n) is 3.00. The van der Waals surface area contributed by atoms with Crippen molar-refractivity contribution in [3.05, 3.63) is 6.54 Å². The minimum Gasteiger partial charge on any atom is -0.483 e. The molecule has 0 aromatic heterocycles. The van der Waals surface area contributed by atoms with Gasteiger partial charge in [0.2, 0.25) is 0 Å². The molecule has 0 amide bonds. The van der Waals surface area contributed by atoms with E-state index in [0.29, 0.717) is 0 Å². The predicted octanol–water partition coefficient (Wildman–Crippen LogP) is 5.16. The van der Waals surface area contributed by atoms with Gasteiger partial charge in [0.1, 0.15) is 0 Å². The predicted molar refractivity (Wildman–Crippen MR) is 78.6 cm³/mol. The van der Waals surface area contributed by atoms with E-state index in [0.717, 1.165) is 11.8 Å². The van der Waals surface area contributed by atoms with Crippen LogP contribution in [0.5, 0.6) is 0 Å². The van der Waals surface area contributed by atoms with Gasteiger partial charge >= 0.3 is 0 Å². The Kier molecular flexibility index (Phi) is 8.94. The fourth-order valence-corrected chi connectivity index (χ4v) is 3.00. The Hall–Kier alpha value is -0.0400. The van der Waals surface area contributed by atoms with Crippen LogP contribution in [-0.2, 0) is 0 Å². The Morgan fingerprint density at radius 1 is 1.06 bits per heavy atom. The van der Waals surface area contributed by atoms with E-state index in [2.05, 4.69) is 34.6 Å². The lowest BCUT2D eigenvalue weighted by Crippen LogP contribution is -2.34. The first-order valence-corrected chi connectivity index (χ1v) is 7.57. The summed E-state index contributed by atoms with van der Waals surface area (Å²) in [5.41, 5.74) is 6.21. The third-order valence-electron chi connectivity index (χ3n) is 4.22. The Balaban J connectivity index is 4.49. The first-order chi connectivity index (χ1) is 8.01. The van der Waals surface area contributed by atoms with Crippen LogP contribution >= 0.6 is 0 Å². The van der Waals surface area contributed by atoms with E-state index in [1.807, 2.05) is 6.54 Å². The lowest BCUT2D eigenvalue weighted by Gasteiger charge is -2.47. The summed E-state index contributed by atoms with van der Waals surface area (Å²) in [5.74, 6) is 1.47. The fraction of sp³-hybridized carbons (Fsp3) is 0.938. The van der Waals surface area contributed by atoms with E-state index in [-0.39, 0.29) is 5.41 Å². The summed E-state index contributed by atoms with van der Waals surface area (Å²) in [6, 6.07) is 0. The zero-order chi connectivity index (χ0) is 13.3. The van der Waals surface area contributed by atoms with Gasteiger partial charge in [-0.1, -0.05) is 85.5 Å². The summed E-state index contributed by atoms with van der Waals surface area (Å²) >= 11 is 0. The van der Waals surface area contributed by atoms with Gasteiger partial charge in [-0.15, -0.1) is 5.41 Å². The highest BCUT2D eigenvalue weighted by atomic mass is 14.6. The third-order valence-corrected chi connectivity index (χ3v) is 4.22. The molecule has 0 saturated carbocycles. The van der Waals surface area contributed by atoms with Gasteiger partial charge in [-0.05, 0) is 5.92 Å². The molecule has 0 saturated heterocycles. The van der Waals surface area contributed by atoms with E-state index in [9.17, 15) is 0 Å². The maximum absolute atomic E-state index is 5.97. The van der Waals surface area contributed by atoms with Crippen LogP contribution in [0.25, 0.3) is 0 Å². The topological polar surface area (TPSA) is 26.0 Å². The molecule has 0 bridgehead atoms. The van der Waals surface area contributed by atoms with Gasteiger partial charge in [0.15, 0.2) is 0 Å². The van der Waals surface area contributed by atoms with Crippen molar-refractivity contribution < 1.29 is 0 Å². The van der Waals surface area contributed by atoms with Crippen molar-refractivity contribution in [2.45, 2.75) is 79.6 Å². The molecule has 0 aromatic rings. The molecular formula is C16H34N-. The zero-order valence-corrected chi connectivity index (χ0v) is 12.8. The molecule has 0 aliphatic rings. The van der Waals surface area contributed by atoms with Gasteiger partial charge in [0.05, 0.1) is 0 Å². The summed E-state index contributed by atoms with van der Waals surface area (Å²) in [6.07, 6.45) is 9.15. The van der Waals surface area contributed by atoms with E-state index in [1.165, 1.54) is 44.9 Å². The van der Waals surface area contributed by atoms with Crippen molar-refractivity contribution in [2.75, 3.05) is 0 Å². The molecule has 0 rings (SSSR count). The van der Waals surface area contributed by atoms with Gasteiger partial charge in [-0.3, -0.25) is 6.54 Å². The van der Waals surface area contributed by atoms with Crippen LogP contribution in [0.3, 0.4) is 0 Å². The summed E-state index contributed by atoms with van der Waals surface area (Å²) < 4.78 is 0. The van der Waals surface area contributed by atoms with Crippen molar-refractivity contribution >= 4 is 0 Å². The van der Waals surface area contributed by atoms with Gasteiger partial charge in [-0.25, -0.2) is 0 Å². The van der Waals surface area contributed by atoms with Crippen LogP contribution < -0.4 is 5.73 Å². The first kappa shape index (κ1) is 17.0. The highest BCUT2D eigenvalue weighted by Gasteiger charge is 2.27. The molecule has 0 spiro atoms. The van der Waals surface area contributed by atoms with Gasteiger partial charge in [-0.2, -0.15) is 0 Å². The second-order valence-electron chi connectivity index (χ2n) is 6.12. The van der Waals surface area contributed by atoms with Crippen LogP contribution in [0.2, 0.25) is 0 Å². The molecule has 17 heavy (non-hydrogen) atoms. The van der Waals surface area contributed by atoms with E-state index in [4.69, 9.17) is 5.73 Å². The molecule has 2 unspecified atom stereocenters. The molecule has 1 nitrogen and oxygen atoms in total. The maximum atomic E-state index is 5.97. The van der Waals surface area contributed by atoms with Crippen LogP contribution in [-0.4, -0.2) is 0 Å². The third kappa shape index (κ3) is 5.90. The minimum atomic E-state index is 0.235. The summed E-state index contributed by atoms with van der Waals surface area (Å²) in [5, 5.41) is 0. The summed E-state index contributed by atoms with van der Waals surface area (Å²) in [7, 11) is 0. The quantitative estimate of drug-likeness (QED) is 0.414. The molecule has 0 aliphatic heterocycles. The maximum Gasteiger partial charge on any atom is -0.0462 e. The molecule has 0 heterocycles. The lowest BCUT2D eigenvalue weighted by molar-refractivity contribution is 0.138. The number of unbranched alkanes of at least 4 members (excludes halogenated alkanes) is 3. The number of hydrogen-bond acceptors (Lipinski definition) is 1. The molecule has 2 atom stereocenters. The van der Waals surface area contributed by atoms with Crippen molar-refractivity contribution in [1.82, 2.24) is 0 Å². The standard InChI is InChI=1S/C16H34N/c1-6-8-10-12-16(5,13-17)15(14(3)4)11-9-7-2/h13-15H,6-12,17H2,1-5H3/q-1. The normalized spacial score (nSPS) is 17.1. The Labute approximate surface area is 110 Å². The average Bonchev–Trinajstić information content (AvgIpc) is 2.29. The van der Waals surface area contributed by atoms with Crippen molar-refractivity contribution in [1.29, 1.82) is 0 Å². The highest BCUT2D eigenvalue weighted by Crippen LogP contribution is 2.41. The SMILES string of the molecule is CCCCCC(C)([CH-]N)C(CCCC)C(C)C. The van der Waals surface area contributed by atoms with Gasteiger partial charge in [0, 0.05) is 0 Å². The van der Waals surface area contributed by atoms with Crippen LogP contribution in [0.1, 0.15) is 79.6 Å². The zero-order valence-electron chi connectivity index (χ0n) is 12.8. The van der Waals surface area contributed by atoms with Crippen molar-refractivity contribution in [3.8, 4) is 0 Å². The van der Waals surface area contributed by atoms with Crippen LogP contribution in [0, 0.1) is 23.8 Å². The molecular weight excluding hydrogens is 206 g/mol. The largest absolute Gasteiger partial charge is 0.483 e. The molecule has 104 valence electrons. The molecule has 0 fully saturated rings. The van der Waals surface area contributed by atoms with Gasteiger partial charge < -0.3 is 5.73 Å². The van der Waals surface area contributed by atoms with Crippen LogP contribution in [0.4, 0.5) is 0 Å². The second kappa shape index (κ2) is 8.97. The van der Waals surface area contributed by atoms with Crippen molar-refractivity contribution in [3.63, 3.8) is 0 Å². The summed E-state index contributed by atoms with van der Waals surface area (Å²) in [4.78, 5) is 0. The first-order valence-electron chi connectivity index (χ1n) is 7.57. The molecule has 0 aliphatic carbocycles. The van der Waals surface area contributed by atoms with E-state index >= 15 is 0 Å². The Bertz CT molecular complexity index is 176. The smallest absolute Gasteiger partial charge is 0.0462 e. The molecule has 1 heteroatoms. The Morgan fingerprint density at radius 2 is 1.65 bits per heavy atom. The highest BCUT2D eigenvalue weighted by molar-refractivity contribution is 4.92. The van der Waals surface area contributed by atoms with Crippen LogP contribution in [0.15, 0.2) is 0 Å². The Morgan fingerprint density at radius 3 is 2.06 bits per heavy atom. The van der Waals surface area contributed by atoms with Crippen molar-refractivity contribution in [2.24, 2.45) is 23.0 Å². The molecule has 0 aromatic carbocycles. The minimum absolute atomic E-state index is 0.235. The molecule has 0 radical (unpaired) electrons. The number of nitrogens with two attached hydrogens (primary N) is 1. The number of hydrogen-bond donors (Lipinski definition) is 1. The van der Waals surface area contributed by atoms with E-state index < -0.39 is 0 Å². The average molecular weight is 240 g/mol. The number of rotatable bonds is 10. The van der Waals surface area contributed by atoms with Gasteiger partial charge in [0.25, 0.3) is 0 Å². The lowest BCUT2D eigenvalue weighted by atomic mass is 9.67. The summed E-state index contributed by atoms with van der Waals surface area (Å²) in [6.45, 7) is 13.6. The second-order valence-corrected chi connectivity index (χ2v) is 6.12. The monoisotopic (exact) mass is 240 g/mol. The molecule has 2 N–H and O–H groups in total.